The van der Waals surface area contributed by atoms with E-state index in [2.05, 4.69) is 35.5 Å². The number of guanidine groups is 1. The number of aryl methyl sites for hydroxylation is 3. The van der Waals surface area contributed by atoms with Gasteiger partial charge in [0.1, 0.15) is 11.6 Å². The van der Waals surface area contributed by atoms with Gasteiger partial charge in [-0.25, -0.2) is 0 Å². The number of aromatic nitrogens is 5. The van der Waals surface area contributed by atoms with E-state index >= 15 is 0 Å². The molecule has 26 heavy (non-hydrogen) atoms. The van der Waals surface area contributed by atoms with Crippen LogP contribution in [0.4, 0.5) is 0 Å². The molecule has 8 nitrogen and oxygen atoms in total. The fourth-order valence-electron chi connectivity index (χ4n) is 3.28. The molecular formula is C18H30N8. The molecule has 0 fully saturated rings. The minimum atomic E-state index is 0.852. The Labute approximate surface area is 155 Å². The second-order valence-electron chi connectivity index (χ2n) is 6.65. The zero-order valence-corrected chi connectivity index (χ0v) is 15.7. The van der Waals surface area contributed by atoms with Gasteiger partial charge in [0.05, 0.1) is 0 Å². The Morgan fingerprint density at radius 3 is 2.85 bits per heavy atom. The van der Waals surface area contributed by atoms with Crippen LogP contribution >= 0.6 is 0 Å². The quantitative estimate of drug-likeness (QED) is 0.423. The van der Waals surface area contributed by atoms with Crippen LogP contribution in [0.1, 0.15) is 43.8 Å². The Morgan fingerprint density at radius 2 is 2.04 bits per heavy atom. The molecule has 0 aromatic carbocycles. The molecule has 3 heterocycles. The first-order valence-corrected chi connectivity index (χ1v) is 9.69. The molecule has 0 bridgehead atoms. The average molecular weight is 358 g/mol. The highest BCUT2D eigenvalue weighted by Crippen LogP contribution is 2.15. The Bertz CT molecular complexity index is 673. The topological polar surface area (TPSA) is 85.0 Å². The lowest BCUT2D eigenvalue weighted by Crippen LogP contribution is -2.38. The third-order valence-corrected chi connectivity index (χ3v) is 4.69. The molecule has 1 aliphatic rings. The van der Waals surface area contributed by atoms with Crippen molar-refractivity contribution in [3.05, 3.63) is 30.1 Å². The second kappa shape index (κ2) is 9.94. The van der Waals surface area contributed by atoms with Gasteiger partial charge in [-0.3, -0.25) is 9.67 Å². The van der Waals surface area contributed by atoms with E-state index in [1.807, 2.05) is 23.1 Å². The summed E-state index contributed by atoms with van der Waals surface area (Å²) in [5, 5.41) is 19.7. The van der Waals surface area contributed by atoms with Crippen molar-refractivity contribution in [2.75, 3.05) is 20.1 Å². The Hall–Kier alpha value is -2.38. The normalized spacial score (nSPS) is 14.7. The van der Waals surface area contributed by atoms with Crippen LogP contribution in [0.2, 0.25) is 0 Å². The van der Waals surface area contributed by atoms with Gasteiger partial charge in [0, 0.05) is 58.5 Å². The van der Waals surface area contributed by atoms with E-state index in [1.54, 1.807) is 7.05 Å². The second-order valence-corrected chi connectivity index (χ2v) is 6.65. The predicted molar refractivity (Wildman–Crippen MR) is 102 cm³/mol. The number of nitrogens with zero attached hydrogens (tertiary/aromatic N) is 6. The molecule has 3 rings (SSSR count). The van der Waals surface area contributed by atoms with Crippen LogP contribution in [0.15, 0.2) is 23.5 Å². The summed E-state index contributed by atoms with van der Waals surface area (Å²) >= 11 is 0. The largest absolute Gasteiger partial charge is 0.356 e. The zero-order chi connectivity index (χ0) is 18.0. The standard InChI is InChI=1S/C18H30N8/c1-19-18(21-11-6-13-25-14-7-12-22-25)20-10-5-9-17-24-23-16-8-3-2-4-15-26(16)17/h7,12,14H,2-6,8-11,13,15H2,1H3,(H2,19,20,21). The highest BCUT2D eigenvalue weighted by atomic mass is 15.3. The van der Waals surface area contributed by atoms with Gasteiger partial charge in [-0.15, -0.1) is 10.2 Å². The lowest BCUT2D eigenvalue weighted by atomic mass is 10.2. The Morgan fingerprint density at radius 1 is 1.15 bits per heavy atom. The number of aliphatic imine (C=N–C) groups is 1. The summed E-state index contributed by atoms with van der Waals surface area (Å²) in [6, 6.07) is 1.95. The van der Waals surface area contributed by atoms with E-state index in [9.17, 15) is 0 Å². The first-order valence-electron chi connectivity index (χ1n) is 9.69. The van der Waals surface area contributed by atoms with Gasteiger partial charge in [-0.2, -0.15) is 5.10 Å². The SMILES string of the molecule is CN=C(NCCCc1nnc2n1CCCCC2)NCCCn1cccn1. The molecular weight excluding hydrogens is 328 g/mol. The zero-order valence-electron chi connectivity index (χ0n) is 15.7. The van der Waals surface area contributed by atoms with Crippen molar-refractivity contribution in [3.63, 3.8) is 0 Å². The van der Waals surface area contributed by atoms with Crippen LogP contribution in [0.5, 0.6) is 0 Å². The molecule has 2 aromatic heterocycles. The van der Waals surface area contributed by atoms with Crippen LogP contribution in [-0.4, -0.2) is 50.6 Å². The monoisotopic (exact) mass is 358 g/mol. The highest BCUT2D eigenvalue weighted by molar-refractivity contribution is 5.79. The molecule has 0 atom stereocenters. The van der Waals surface area contributed by atoms with Crippen molar-refractivity contribution >= 4 is 5.96 Å². The van der Waals surface area contributed by atoms with Crippen LogP contribution < -0.4 is 10.6 Å². The summed E-state index contributed by atoms with van der Waals surface area (Å²) in [4.78, 5) is 4.28. The lowest BCUT2D eigenvalue weighted by Gasteiger charge is -2.12. The lowest BCUT2D eigenvalue weighted by molar-refractivity contribution is 0.569. The molecule has 0 aliphatic carbocycles. The van der Waals surface area contributed by atoms with Gasteiger partial charge >= 0.3 is 0 Å². The molecule has 0 spiro atoms. The highest BCUT2D eigenvalue weighted by Gasteiger charge is 2.14. The number of nitrogens with one attached hydrogen (secondary N) is 2. The molecule has 142 valence electrons. The van der Waals surface area contributed by atoms with Crippen molar-refractivity contribution < 1.29 is 0 Å². The van der Waals surface area contributed by atoms with Gasteiger partial charge in [-0.05, 0) is 31.7 Å². The van der Waals surface area contributed by atoms with Crippen molar-refractivity contribution in [1.29, 1.82) is 0 Å². The maximum atomic E-state index is 4.39. The Kier molecular flexibility index (Phi) is 7.04. The maximum absolute atomic E-state index is 4.39. The number of hydrogen-bond acceptors (Lipinski definition) is 4. The first-order chi connectivity index (χ1) is 12.9. The van der Waals surface area contributed by atoms with Gasteiger partial charge in [0.2, 0.25) is 0 Å². The smallest absolute Gasteiger partial charge is 0.190 e. The Balaban J connectivity index is 1.32. The molecule has 8 heteroatoms. The van der Waals surface area contributed by atoms with Crippen molar-refractivity contribution in [2.24, 2.45) is 4.99 Å². The fourth-order valence-corrected chi connectivity index (χ4v) is 3.28. The van der Waals surface area contributed by atoms with Crippen molar-refractivity contribution in [2.45, 2.75) is 58.0 Å². The summed E-state index contributed by atoms with van der Waals surface area (Å²) in [5.74, 6) is 3.15. The van der Waals surface area contributed by atoms with Crippen molar-refractivity contribution in [3.8, 4) is 0 Å². The van der Waals surface area contributed by atoms with Crippen LogP contribution in [0.3, 0.4) is 0 Å². The van der Waals surface area contributed by atoms with Crippen molar-refractivity contribution in [1.82, 2.24) is 35.2 Å². The summed E-state index contributed by atoms with van der Waals surface area (Å²) in [6.45, 7) is 3.73. The predicted octanol–water partition coefficient (Wildman–Crippen LogP) is 1.39. The molecule has 0 saturated carbocycles. The third kappa shape index (κ3) is 5.31. The van der Waals surface area contributed by atoms with Gasteiger partial charge in [-0.1, -0.05) is 6.42 Å². The van der Waals surface area contributed by atoms with Crippen LogP contribution in [0.25, 0.3) is 0 Å². The summed E-state index contributed by atoms with van der Waals surface area (Å²) < 4.78 is 4.27. The van der Waals surface area contributed by atoms with E-state index in [4.69, 9.17) is 0 Å². The van der Waals surface area contributed by atoms with E-state index in [1.165, 1.54) is 25.1 Å². The molecule has 0 saturated heterocycles. The molecule has 0 unspecified atom stereocenters. The average Bonchev–Trinajstić information content (AvgIpc) is 3.25. The number of fused-ring (bicyclic) bond motifs is 1. The summed E-state index contributed by atoms with van der Waals surface area (Å²) in [6.07, 6.45) is 11.6. The van der Waals surface area contributed by atoms with Crippen LogP contribution in [0, 0.1) is 0 Å². The summed E-state index contributed by atoms with van der Waals surface area (Å²) in [5.41, 5.74) is 0. The van der Waals surface area contributed by atoms with E-state index < -0.39 is 0 Å². The van der Waals surface area contributed by atoms with E-state index in [0.717, 1.165) is 63.6 Å². The molecule has 2 aromatic rings. The van der Waals surface area contributed by atoms with Gasteiger partial charge in [0.25, 0.3) is 0 Å². The molecule has 0 radical (unpaired) electrons. The number of hydrogen-bond donors (Lipinski definition) is 2. The third-order valence-electron chi connectivity index (χ3n) is 4.69. The van der Waals surface area contributed by atoms with Gasteiger partial charge in [0.15, 0.2) is 5.96 Å². The molecule has 0 amide bonds. The van der Waals surface area contributed by atoms with E-state index in [0.29, 0.717) is 0 Å². The maximum Gasteiger partial charge on any atom is 0.190 e. The first kappa shape index (κ1) is 18.4. The molecule has 2 N–H and O–H groups in total. The fraction of sp³-hybridized carbons (Fsp3) is 0.667. The minimum absolute atomic E-state index is 0.852. The van der Waals surface area contributed by atoms with E-state index in [-0.39, 0.29) is 0 Å². The van der Waals surface area contributed by atoms with Crippen LogP contribution in [-0.2, 0) is 25.9 Å². The summed E-state index contributed by atoms with van der Waals surface area (Å²) in [7, 11) is 1.81. The molecule has 1 aliphatic heterocycles. The van der Waals surface area contributed by atoms with Gasteiger partial charge < -0.3 is 15.2 Å². The minimum Gasteiger partial charge on any atom is -0.356 e. The number of rotatable bonds is 8.